The van der Waals surface area contributed by atoms with Crippen molar-refractivity contribution in [2.24, 2.45) is 0 Å². The number of hydrogen-bond acceptors (Lipinski definition) is 5. The Labute approximate surface area is 94.1 Å². The Kier molecular flexibility index (Phi) is 3.85. The van der Waals surface area contributed by atoms with Gasteiger partial charge < -0.3 is 5.32 Å². The molecular weight excluding hydrogens is 268 g/mol. The molecule has 1 aromatic rings. The Morgan fingerprint density at radius 1 is 1.79 bits per heavy atom. The summed E-state index contributed by atoms with van der Waals surface area (Å²) in [5, 5.41) is 11.1. The van der Waals surface area contributed by atoms with Gasteiger partial charge in [0.25, 0.3) is 0 Å². The SMILES string of the molecule is N#Cc1cnc(Br)nc1NC(=O)CS. The fourth-order valence-electron chi connectivity index (χ4n) is 0.709. The number of thiol groups is 1. The summed E-state index contributed by atoms with van der Waals surface area (Å²) in [5.74, 6) is -0.101. The molecule has 0 saturated heterocycles. The van der Waals surface area contributed by atoms with E-state index in [9.17, 15) is 4.79 Å². The van der Waals surface area contributed by atoms with Crippen molar-refractivity contribution in [3.63, 3.8) is 0 Å². The first-order valence-electron chi connectivity index (χ1n) is 3.50. The maximum atomic E-state index is 11.0. The molecular formula is C7H5BrN4OS. The van der Waals surface area contributed by atoms with E-state index in [1.807, 2.05) is 6.07 Å². The van der Waals surface area contributed by atoms with Crippen LogP contribution in [0.15, 0.2) is 10.9 Å². The molecule has 1 heterocycles. The second-order valence-electron chi connectivity index (χ2n) is 2.22. The molecule has 72 valence electrons. The number of nitrogens with one attached hydrogen (secondary N) is 1. The lowest BCUT2D eigenvalue weighted by molar-refractivity contribution is -0.113. The zero-order valence-electron chi connectivity index (χ0n) is 6.86. The number of anilines is 1. The second-order valence-corrected chi connectivity index (χ2v) is 3.24. The van der Waals surface area contributed by atoms with E-state index in [4.69, 9.17) is 5.26 Å². The largest absolute Gasteiger partial charge is 0.309 e. The van der Waals surface area contributed by atoms with Crippen LogP contribution in [0.2, 0.25) is 0 Å². The number of hydrogen-bond donors (Lipinski definition) is 2. The average molecular weight is 273 g/mol. The van der Waals surface area contributed by atoms with E-state index in [1.54, 1.807) is 0 Å². The van der Waals surface area contributed by atoms with Crippen molar-refractivity contribution in [2.75, 3.05) is 11.1 Å². The normalized spacial score (nSPS) is 9.21. The van der Waals surface area contributed by atoms with E-state index in [0.29, 0.717) is 4.73 Å². The molecule has 0 aromatic carbocycles. The highest BCUT2D eigenvalue weighted by atomic mass is 79.9. The molecule has 0 fully saturated rings. The van der Waals surface area contributed by atoms with Gasteiger partial charge in [0, 0.05) is 0 Å². The highest BCUT2D eigenvalue weighted by molar-refractivity contribution is 9.10. The van der Waals surface area contributed by atoms with Gasteiger partial charge in [-0.2, -0.15) is 17.9 Å². The summed E-state index contributed by atoms with van der Waals surface area (Å²) in [6.07, 6.45) is 1.32. The summed E-state index contributed by atoms with van der Waals surface area (Å²) >= 11 is 6.82. The predicted molar refractivity (Wildman–Crippen MR) is 56.9 cm³/mol. The number of nitrogens with zero attached hydrogens (tertiary/aromatic N) is 3. The standard InChI is InChI=1S/C7H5BrN4OS/c8-7-10-2-4(1-9)6(12-7)11-5(13)3-14/h2,14H,3H2,(H,10,11,12,13). The van der Waals surface area contributed by atoms with E-state index in [1.165, 1.54) is 6.20 Å². The van der Waals surface area contributed by atoms with Gasteiger partial charge in [0.05, 0.1) is 11.9 Å². The second kappa shape index (κ2) is 4.93. The van der Waals surface area contributed by atoms with Crippen LogP contribution in [-0.2, 0) is 4.79 Å². The van der Waals surface area contributed by atoms with E-state index in [2.05, 4.69) is 43.8 Å². The molecule has 5 nitrogen and oxygen atoms in total. The van der Waals surface area contributed by atoms with Gasteiger partial charge >= 0.3 is 0 Å². The van der Waals surface area contributed by atoms with Gasteiger partial charge in [0.1, 0.15) is 11.6 Å². The Morgan fingerprint density at radius 3 is 3.07 bits per heavy atom. The third kappa shape index (κ3) is 2.68. The lowest BCUT2D eigenvalue weighted by Crippen LogP contribution is -2.15. The maximum Gasteiger partial charge on any atom is 0.235 e. The summed E-state index contributed by atoms with van der Waals surface area (Å²) in [7, 11) is 0. The summed E-state index contributed by atoms with van der Waals surface area (Å²) in [6.45, 7) is 0. The van der Waals surface area contributed by atoms with Crippen LogP contribution >= 0.6 is 28.6 Å². The summed E-state index contributed by atoms with van der Waals surface area (Å²) < 4.78 is 0.311. The molecule has 1 amide bonds. The quantitative estimate of drug-likeness (QED) is 0.622. The third-order valence-electron chi connectivity index (χ3n) is 1.28. The number of rotatable bonds is 2. The Morgan fingerprint density at radius 2 is 2.50 bits per heavy atom. The molecule has 0 aliphatic rings. The monoisotopic (exact) mass is 272 g/mol. The lowest BCUT2D eigenvalue weighted by atomic mass is 10.3. The van der Waals surface area contributed by atoms with Crippen molar-refractivity contribution >= 4 is 40.3 Å². The summed E-state index contributed by atoms with van der Waals surface area (Å²) in [5.41, 5.74) is 0.211. The number of nitriles is 1. The molecule has 1 aromatic heterocycles. The molecule has 0 atom stereocenters. The lowest BCUT2D eigenvalue weighted by Gasteiger charge is -2.03. The first-order chi connectivity index (χ1) is 6.67. The van der Waals surface area contributed by atoms with Crippen molar-refractivity contribution in [3.05, 3.63) is 16.5 Å². The molecule has 1 N–H and O–H groups in total. The predicted octanol–water partition coefficient (Wildman–Crippen LogP) is 0.979. The highest BCUT2D eigenvalue weighted by Crippen LogP contribution is 2.13. The molecule has 0 unspecified atom stereocenters. The molecule has 7 heteroatoms. The minimum absolute atomic E-state index is 0.0342. The van der Waals surface area contributed by atoms with E-state index in [0.717, 1.165) is 0 Å². The molecule has 1 rings (SSSR count). The Hall–Kier alpha value is -1.13. The summed E-state index contributed by atoms with van der Waals surface area (Å²) in [6, 6.07) is 1.87. The van der Waals surface area contributed by atoms with Crippen LogP contribution in [0, 0.1) is 11.3 Å². The van der Waals surface area contributed by atoms with Crippen molar-refractivity contribution in [3.8, 4) is 6.07 Å². The molecule has 0 aliphatic carbocycles. The van der Waals surface area contributed by atoms with Gasteiger partial charge in [-0.05, 0) is 15.9 Å². The van der Waals surface area contributed by atoms with Gasteiger partial charge in [-0.1, -0.05) is 0 Å². The van der Waals surface area contributed by atoms with Gasteiger partial charge in [-0.15, -0.1) is 0 Å². The van der Waals surface area contributed by atoms with Crippen LogP contribution in [0.3, 0.4) is 0 Å². The topological polar surface area (TPSA) is 78.7 Å². The number of amides is 1. The third-order valence-corrected chi connectivity index (χ3v) is 1.95. The van der Waals surface area contributed by atoms with E-state index < -0.39 is 0 Å². The van der Waals surface area contributed by atoms with Gasteiger partial charge in [-0.25, -0.2) is 9.97 Å². The fraction of sp³-hybridized carbons (Fsp3) is 0.143. The number of carbonyl (C=O) groups is 1. The van der Waals surface area contributed by atoms with Crippen molar-refractivity contribution in [2.45, 2.75) is 0 Å². The first kappa shape index (κ1) is 10.9. The van der Waals surface area contributed by atoms with Crippen molar-refractivity contribution in [1.29, 1.82) is 5.26 Å². The summed E-state index contributed by atoms with van der Waals surface area (Å²) in [4.78, 5) is 18.6. The van der Waals surface area contributed by atoms with E-state index >= 15 is 0 Å². The molecule has 0 radical (unpaired) electrons. The van der Waals surface area contributed by atoms with Gasteiger partial charge in [-0.3, -0.25) is 4.79 Å². The van der Waals surface area contributed by atoms with Crippen molar-refractivity contribution in [1.82, 2.24) is 9.97 Å². The Balaban J connectivity index is 3.00. The number of halogens is 1. The molecule has 0 bridgehead atoms. The van der Waals surface area contributed by atoms with Crippen LogP contribution in [0.5, 0.6) is 0 Å². The van der Waals surface area contributed by atoms with Crippen LogP contribution in [0.4, 0.5) is 5.82 Å². The van der Waals surface area contributed by atoms with Gasteiger partial charge in [0.15, 0.2) is 10.6 Å². The molecule has 0 saturated carbocycles. The minimum atomic E-state index is -0.324. The van der Waals surface area contributed by atoms with E-state index in [-0.39, 0.29) is 23.0 Å². The zero-order valence-corrected chi connectivity index (χ0v) is 9.34. The van der Waals surface area contributed by atoms with Crippen LogP contribution in [-0.4, -0.2) is 21.6 Å². The zero-order chi connectivity index (χ0) is 10.6. The fourth-order valence-corrected chi connectivity index (χ4v) is 1.07. The molecule has 0 aliphatic heterocycles. The average Bonchev–Trinajstić information content (AvgIpc) is 2.18. The van der Waals surface area contributed by atoms with Crippen LogP contribution < -0.4 is 5.32 Å². The molecule has 0 spiro atoms. The van der Waals surface area contributed by atoms with Crippen LogP contribution in [0.25, 0.3) is 0 Å². The minimum Gasteiger partial charge on any atom is -0.309 e. The van der Waals surface area contributed by atoms with Gasteiger partial charge in [0.2, 0.25) is 5.91 Å². The first-order valence-corrected chi connectivity index (χ1v) is 4.93. The molecule has 14 heavy (non-hydrogen) atoms. The highest BCUT2D eigenvalue weighted by Gasteiger charge is 2.08. The number of aromatic nitrogens is 2. The Bertz CT molecular complexity index is 403. The smallest absolute Gasteiger partial charge is 0.235 e. The number of carbonyl (C=O) groups excluding carboxylic acids is 1. The maximum absolute atomic E-state index is 11.0. The van der Waals surface area contributed by atoms with Crippen molar-refractivity contribution < 1.29 is 4.79 Å². The van der Waals surface area contributed by atoms with Crippen LogP contribution in [0.1, 0.15) is 5.56 Å².